The fourth-order valence-corrected chi connectivity index (χ4v) is 3.88. The molecule has 1 fully saturated rings. The third-order valence-electron chi connectivity index (χ3n) is 5.02. The van der Waals surface area contributed by atoms with Gasteiger partial charge >= 0.3 is 0 Å². The summed E-state index contributed by atoms with van der Waals surface area (Å²) in [5, 5.41) is 11.4. The number of aliphatic imine (C=N–C) groups is 1. The number of piperidine rings is 1. The Kier molecular flexibility index (Phi) is 12.1. The second-order valence-electron chi connectivity index (χ2n) is 8.31. The minimum Gasteiger partial charge on any atom is -0.357 e. The number of rotatable bonds is 9. The van der Waals surface area contributed by atoms with Gasteiger partial charge < -0.3 is 15.5 Å². The highest BCUT2D eigenvalue weighted by molar-refractivity contribution is 14.0. The Hall–Kier alpha value is -0.830. The molecule has 7 heteroatoms. The highest BCUT2D eigenvalue weighted by Crippen LogP contribution is 2.17. The predicted molar refractivity (Wildman–Crippen MR) is 130 cm³/mol. The number of guanidine groups is 1. The van der Waals surface area contributed by atoms with Gasteiger partial charge in [0.25, 0.3) is 0 Å². The van der Waals surface area contributed by atoms with Crippen molar-refractivity contribution in [1.29, 1.82) is 0 Å². The maximum Gasteiger partial charge on any atom is 0.191 e. The number of hydrogen-bond acceptors (Lipinski definition) is 3. The van der Waals surface area contributed by atoms with Crippen molar-refractivity contribution in [3.8, 4) is 0 Å². The molecule has 2 rings (SSSR count). The van der Waals surface area contributed by atoms with E-state index in [2.05, 4.69) is 59.1 Å². The van der Waals surface area contributed by atoms with Gasteiger partial charge in [0.1, 0.15) is 0 Å². The lowest BCUT2D eigenvalue weighted by Gasteiger charge is -2.33. The largest absolute Gasteiger partial charge is 0.357 e. The molecule has 0 saturated carbocycles. The van der Waals surface area contributed by atoms with E-state index in [0.29, 0.717) is 5.92 Å². The lowest BCUT2D eigenvalue weighted by molar-refractivity contribution is 0.162. The van der Waals surface area contributed by atoms with Crippen LogP contribution < -0.4 is 10.6 Å². The van der Waals surface area contributed by atoms with E-state index in [-0.39, 0.29) is 24.0 Å². The number of halogens is 1. The molecule has 6 nitrogen and oxygen atoms in total. The maximum absolute atomic E-state index is 4.86. The summed E-state index contributed by atoms with van der Waals surface area (Å²) < 4.78 is 2.09. The number of nitrogens with zero attached hydrogens (tertiary/aromatic N) is 4. The third kappa shape index (κ3) is 9.11. The van der Waals surface area contributed by atoms with Crippen LogP contribution in [0.2, 0.25) is 0 Å². The molecular weight excluding hydrogens is 463 g/mol. The first-order valence-electron chi connectivity index (χ1n) is 10.7. The molecule has 1 aromatic rings. The molecule has 1 unspecified atom stereocenters. The molecule has 28 heavy (non-hydrogen) atoms. The number of aromatic nitrogens is 2. The van der Waals surface area contributed by atoms with Crippen molar-refractivity contribution >= 4 is 29.9 Å². The molecule has 1 saturated heterocycles. The minimum atomic E-state index is 0. The van der Waals surface area contributed by atoms with Crippen molar-refractivity contribution < 1.29 is 0 Å². The molecule has 0 amide bonds. The Morgan fingerprint density at radius 2 is 2.11 bits per heavy atom. The Balaban J connectivity index is 0.00000392. The van der Waals surface area contributed by atoms with Gasteiger partial charge in [0.2, 0.25) is 0 Å². The Labute approximate surface area is 189 Å². The standard InChI is InChI=1S/C21H40N6.HI/c1-6-22-21(23-10-8-12-27-19(5)13-18(4)25-27)24-14-20-9-7-11-26(16-20)15-17(2)3;/h13,17,20H,6-12,14-16H2,1-5H3,(H2,22,23,24);1H. The van der Waals surface area contributed by atoms with Crippen molar-refractivity contribution in [2.75, 3.05) is 39.3 Å². The number of nitrogens with one attached hydrogen (secondary N) is 2. The Bertz CT molecular complexity index is 583. The van der Waals surface area contributed by atoms with Crippen molar-refractivity contribution in [3.63, 3.8) is 0 Å². The average Bonchev–Trinajstić information content (AvgIpc) is 2.93. The summed E-state index contributed by atoms with van der Waals surface area (Å²) in [6, 6.07) is 2.13. The summed E-state index contributed by atoms with van der Waals surface area (Å²) in [6.45, 7) is 18.2. The first kappa shape index (κ1) is 25.2. The zero-order valence-corrected chi connectivity index (χ0v) is 20.8. The van der Waals surface area contributed by atoms with E-state index in [0.717, 1.165) is 50.2 Å². The Morgan fingerprint density at radius 1 is 1.32 bits per heavy atom. The van der Waals surface area contributed by atoms with Crippen molar-refractivity contribution in [1.82, 2.24) is 25.3 Å². The van der Waals surface area contributed by atoms with E-state index in [1.165, 1.54) is 38.2 Å². The maximum atomic E-state index is 4.86. The Morgan fingerprint density at radius 3 is 2.75 bits per heavy atom. The van der Waals surface area contributed by atoms with Gasteiger partial charge in [-0.3, -0.25) is 9.67 Å². The van der Waals surface area contributed by atoms with E-state index in [1.54, 1.807) is 0 Å². The summed E-state index contributed by atoms with van der Waals surface area (Å²) in [5.74, 6) is 2.38. The van der Waals surface area contributed by atoms with E-state index in [1.807, 2.05) is 6.92 Å². The van der Waals surface area contributed by atoms with E-state index >= 15 is 0 Å². The van der Waals surface area contributed by atoms with Crippen LogP contribution in [-0.2, 0) is 6.54 Å². The fraction of sp³-hybridized carbons (Fsp3) is 0.810. The molecule has 1 aromatic heterocycles. The molecule has 1 aliphatic rings. The topological polar surface area (TPSA) is 57.5 Å². The molecule has 1 aliphatic heterocycles. The third-order valence-corrected chi connectivity index (χ3v) is 5.02. The molecule has 2 heterocycles. The molecule has 0 bridgehead atoms. The molecule has 0 spiro atoms. The van der Waals surface area contributed by atoms with Crippen LogP contribution in [0, 0.1) is 25.7 Å². The summed E-state index contributed by atoms with van der Waals surface area (Å²) in [6.07, 6.45) is 3.65. The molecular formula is C21H41IN6. The highest BCUT2D eigenvalue weighted by atomic mass is 127. The van der Waals surface area contributed by atoms with Gasteiger partial charge in [0.05, 0.1) is 5.69 Å². The van der Waals surface area contributed by atoms with Crippen LogP contribution in [0.15, 0.2) is 11.1 Å². The zero-order valence-electron chi connectivity index (χ0n) is 18.5. The van der Waals surface area contributed by atoms with Crippen LogP contribution in [-0.4, -0.2) is 59.9 Å². The van der Waals surface area contributed by atoms with Crippen LogP contribution in [0.1, 0.15) is 51.4 Å². The number of hydrogen-bond donors (Lipinski definition) is 2. The molecule has 0 radical (unpaired) electrons. The van der Waals surface area contributed by atoms with Crippen molar-refractivity contribution in [3.05, 3.63) is 17.5 Å². The second-order valence-corrected chi connectivity index (χ2v) is 8.31. The molecule has 0 aliphatic carbocycles. The van der Waals surface area contributed by atoms with E-state index in [9.17, 15) is 0 Å². The molecule has 1 atom stereocenters. The van der Waals surface area contributed by atoms with Gasteiger partial charge in [-0.25, -0.2) is 0 Å². The lowest BCUT2D eigenvalue weighted by Crippen LogP contribution is -2.41. The van der Waals surface area contributed by atoms with Crippen LogP contribution in [0.3, 0.4) is 0 Å². The first-order chi connectivity index (χ1) is 13.0. The zero-order chi connectivity index (χ0) is 19.6. The van der Waals surface area contributed by atoms with E-state index in [4.69, 9.17) is 4.99 Å². The average molecular weight is 505 g/mol. The van der Waals surface area contributed by atoms with Crippen LogP contribution in [0.25, 0.3) is 0 Å². The van der Waals surface area contributed by atoms with Gasteiger partial charge in [-0.2, -0.15) is 5.10 Å². The normalized spacial score (nSPS) is 18.2. The summed E-state index contributed by atoms with van der Waals surface area (Å²) in [5.41, 5.74) is 2.32. The van der Waals surface area contributed by atoms with Gasteiger partial charge in [0, 0.05) is 45.0 Å². The van der Waals surface area contributed by atoms with Crippen LogP contribution >= 0.6 is 24.0 Å². The van der Waals surface area contributed by atoms with E-state index < -0.39 is 0 Å². The fourth-order valence-electron chi connectivity index (χ4n) is 3.88. The monoisotopic (exact) mass is 504 g/mol. The number of aryl methyl sites for hydroxylation is 3. The summed E-state index contributed by atoms with van der Waals surface area (Å²) >= 11 is 0. The van der Waals surface area contributed by atoms with Gasteiger partial charge in [-0.1, -0.05) is 13.8 Å². The lowest BCUT2D eigenvalue weighted by atomic mass is 9.97. The van der Waals surface area contributed by atoms with Gasteiger partial charge in [-0.15, -0.1) is 24.0 Å². The number of likely N-dealkylation sites (tertiary alicyclic amines) is 1. The van der Waals surface area contributed by atoms with Gasteiger partial charge in [-0.05, 0) is 64.5 Å². The van der Waals surface area contributed by atoms with Gasteiger partial charge in [0.15, 0.2) is 5.96 Å². The quantitative estimate of drug-likeness (QED) is 0.234. The molecule has 2 N–H and O–H groups in total. The van der Waals surface area contributed by atoms with Crippen molar-refractivity contribution in [2.24, 2.45) is 16.8 Å². The van der Waals surface area contributed by atoms with Crippen LogP contribution in [0.5, 0.6) is 0 Å². The first-order valence-corrected chi connectivity index (χ1v) is 10.7. The minimum absolute atomic E-state index is 0. The smallest absolute Gasteiger partial charge is 0.191 e. The van der Waals surface area contributed by atoms with Crippen molar-refractivity contribution in [2.45, 2.75) is 60.4 Å². The molecule has 0 aromatic carbocycles. The SMILES string of the molecule is CCNC(=NCC1CCCN(CC(C)C)C1)NCCCn1nc(C)cc1C.I. The molecule has 162 valence electrons. The summed E-state index contributed by atoms with van der Waals surface area (Å²) in [4.78, 5) is 7.48. The highest BCUT2D eigenvalue weighted by Gasteiger charge is 2.20. The van der Waals surface area contributed by atoms with Crippen LogP contribution in [0.4, 0.5) is 0 Å². The predicted octanol–water partition coefficient (Wildman–Crippen LogP) is 3.43. The summed E-state index contributed by atoms with van der Waals surface area (Å²) in [7, 11) is 0. The second kappa shape index (κ2) is 13.4.